The highest BCUT2D eigenvalue weighted by molar-refractivity contribution is 5.63. The van der Waals surface area contributed by atoms with Crippen LogP contribution >= 0.6 is 0 Å². The first-order chi connectivity index (χ1) is 13.8. The molecule has 1 heteroatoms. The van der Waals surface area contributed by atoms with Gasteiger partial charge in [0.15, 0.2) is 0 Å². The van der Waals surface area contributed by atoms with E-state index in [2.05, 4.69) is 61.2 Å². The standard InChI is InChI=1S/C27H36O/c1-3-5-6-22-7-9-23(10-8-22)11-12-24-13-17-26(18-14-24)27-19-15-25(16-20-27)21-28-4-2/h3,13-20,22-23H,1,4-12,21H2,2H3. The van der Waals surface area contributed by atoms with Crippen LogP contribution in [0.2, 0.25) is 0 Å². The maximum absolute atomic E-state index is 5.48. The molecule has 1 aliphatic rings. The third-order valence-electron chi connectivity index (χ3n) is 6.30. The number of rotatable bonds is 10. The van der Waals surface area contributed by atoms with Crippen molar-refractivity contribution in [2.75, 3.05) is 6.61 Å². The van der Waals surface area contributed by atoms with E-state index < -0.39 is 0 Å². The summed E-state index contributed by atoms with van der Waals surface area (Å²) in [6.45, 7) is 7.36. The predicted molar refractivity (Wildman–Crippen MR) is 120 cm³/mol. The fourth-order valence-corrected chi connectivity index (χ4v) is 4.41. The first kappa shape index (κ1) is 20.9. The first-order valence-corrected chi connectivity index (χ1v) is 11.2. The van der Waals surface area contributed by atoms with Crippen LogP contribution in [0.4, 0.5) is 0 Å². The molecule has 0 saturated heterocycles. The Morgan fingerprint density at radius 2 is 1.36 bits per heavy atom. The van der Waals surface area contributed by atoms with Crippen molar-refractivity contribution >= 4 is 0 Å². The molecule has 0 radical (unpaired) electrons. The molecule has 0 unspecified atom stereocenters. The Morgan fingerprint density at radius 1 is 0.821 bits per heavy atom. The molecule has 1 nitrogen and oxygen atoms in total. The van der Waals surface area contributed by atoms with Gasteiger partial charge in [0.2, 0.25) is 0 Å². The number of hydrogen-bond acceptors (Lipinski definition) is 1. The van der Waals surface area contributed by atoms with E-state index in [4.69, 9.17) is 4.74 Å². The number of ether oxygens (including phenoxy) is 1. The van der Waals surface area contributed by atoms with Gasteiger partial charge in [-0.1, -0.05) is 80.3 Å². The van der Waals surface area contributed by atoms with Crippen molar-refractivity contribution in [2.24, 2.45) is 11.8 Å². The molecule has 1 saturated carbocycles. The van der Waals surface area contributed by atoms with Gasteiger partial charge in [0.05, 0.1) is 6.61 Å². The fourth-order valence-electron chi connectivity index (χ4n) is 4.41. The maximum Gasteiger partial charge on any atom is 0.0716 e. The largest absolute Gasteiger partial charge is 0.377 e. The van der Waals surface area contributed by atoms with Gasteiger partial charge in [0.25, 0.3) is 0 Å². The third kappa shape index (κ3) is 6.34. The molecule has 0 heterocycles. The van der Waals surface area contributed by atoms with E-state index in [0.717, 1.165) is 18.4 Å². The lowest BCUT2D eigenvalue weighted by Gasteiger charge is -2.28. The van der Waals surface area contributed by atoms with Crippen molar-refractivity contribution in [2.45, 2.75) is 64.9 Å². The van der Waals surface area contributed by atoms with Crippen molar-refractivity contribution in [3.63, 3.8) is 0 Å². The van der Waals surface area contributed by atoms with E-state index in [1.165, 1.54) is 73.6 Å². The van der Waals surface area contributed by atoms with Crippen molar-refractivity contribution < 1.29 is 4.74 Å². The van der Waals surface area contributed by atoms with E-state index in [9.17, 15) is 0 Å². The van der Waals surface area contributed by atoms with Gasteiger partial charge in [-0.3, -0.25) is 0 Å². The molecule has 0 aliphatic heterocycles. The minimum atomic E-state index is 0.700. The van der Waals surface area contributed by atoms with Crippen LogP contribution in [0.15, 0.2) is 61.2 Å². The zero-order valence-electron chi connectivity index (χ0n) is 17.5. The van der Waals surface area contributed by atoms with Crippen LogP contribution in [0.5, 0.6) is 0 Å². The number of aryl methyl sites for hydroxylation is 1. The Balaban J connectivity index is 1.45. The third-order valence-corrected chi connectivity index (χ3v) is 6.30. The van der Waals surface area contributed by atoms with E-state index in [1.54, 1.807) is 0 Å². The molecule has 150 valence electrons. The second kappa shape index (κ2) is 11.2. The summed E-state index contributed by atoms with van der Waals surface area (Å²) in [5.74, 6) is 1.88. The molecule has 1 aliphatic carbocycles. The number of allylic oxidation sites excluding steroid dienone is 1. The van der Waals surface area contributed by atoms with Gasteiger partial charge in [-0.2, -0.15) is 0 Å². The highest BCUT2D eigenvalue weighted by atomic mass is 16.5. The van der Waals surface area contributed by atoms with Crippen molar-refractivity contribution in [3.8, 4) is 11.1 Å². The van der Waals surface area contributed by atoms with Crippen LogP contribution in [0.3, 0.4) is 0 Å². The lowest BCUT2D eigenvalue weighted by Crippen LogP contribution is -2.15. The van der Waals surface area contributed by atoms with Gasteiger partial charge in [-0.15, -0.1) is 6.58 Å². The van der Waals surface area contributed by atoms with E-state index in [1.807, 2.05) is 6.92 Å². The molecule has 0 spiro atoms. The average Bonchev–Trinajstić information content (AvgIpc) is 2.76. The summed E-state index contributed by atoms with van der Waals surface area (Å²) in [7, 11) is 0. The minimum absolute atomic E-state index is 0.700. The molecule has 0 aromatic heterocycles. The Bertz CT molecular complexity index is 690. The fraction of sp³-hybridized carbons (Fsp3) is 0.481. The first-order valence-electron chi connectivity index (χ1n) is 11.2. The summed E-state index contributed by atoms with van der Waals surface area (Å²) in [6, 6.07) is 17.9. The van der Waals surface area contributed by atoms with Gasteiger partial charge in [-0.25, -0.2) is 0 Å². The quantitative estimate of drug-likeness (QED) is 0.388. The van der Waals surface area contributed by atoms with E-state index >= 15 is 0 Å². The van der Waals surface area contributed by atoms with Gasteiger partial charge in [0.1, 0.15) is 0 Å². The van der Waals surface area contributed by atoms with Gasteiger partial charge < -0.3 is 4.74 Å². The van der Waals surface area contributed by atoms with Crippen LogP contribution < -0.4 is 0 Å². The summed E-state index contributed by atoms with van der Waals surface area (Å²) in [4.78, 5) is 0. The Labute approximate surface area is 171 Å². The van der Waals surface area contributed by atoms with Crippen molar-refractivity contribution in [1.82, 2.24) is 0 Å². The molecule has 2 aromatic carbocycles. The molecule has 3 rings (SSSR count). The Morgan fingerprint density at radius 3 is 1.89 bits per heavy atom. The molecule has 0 atom stereocenters. The number of hydrogen-bond donors (Lipinski definition) is 0. The van der Waals surface area contributed by atoms with Crippen molar-refractivity contribution in [1.29, 1.82) is 0 Å². The lowest BCUT2D eigenvalue weighted by molar-refractivity contribution is 0.134. The van der Waals surface area contributed by atoms with E-state index in [0.29, 0.717) is 6.61 Å². The molecule has 2 aromatic rings. The van der Waals surface area contributed by atoms with Gasteiger partial charge in [-0.05, 0) is 66.7 Å². The summed E-state index contributed by atoms with van der Waals surface area (Å²) >= 11 is 0. The molecule has 28 heavy (non-hydrogen) atoms. The summed E-state index contributed by atoms with van der Waals surface area (Å²) in [5, 5.41) is 0. The molecule has 0 bridgehead atoms. The predicted octanol–water partition coefficient (Wildman–Crippen LogP) is 7.60. The molecule has 0 amide bonds. The summed E-state index contributed by atoms with van der Waals surface area (Å²) < 4.78 is 5.48. The number of benzene rings is 2. The zero-order chi connectivity index (χ0) is 19.6. The van der Waals surface area contributed by atoms with Crippen molar-refractivity contribution in [3.05, 3.63) is 72.3 Å². The summed E-state index contributed by atoms with van der Waals surface area (Å²) in [5.41, 5.74) is 5.30. The monoisotopic (exact) mass is 376 g/mol. The van der Waals surface area contributed by atoms with Crippen LogP contribution in [0.1, 0.15) is 63.0 Å². The topological polar surface area (TPSA) is 9.23 Å². The summed E-state index contributed by atoms with van der Waals surface area (Å²) in [6.07, 6.45) is 12.9. The smallest absolute Gasteiger partial charge is 0.0716 e. The average molecular weight is 377 g/mol. The minimum Gasteiger partial charge on any atom is -0.377 e. The van der Waals surface area contributed by atoms with Crippen LogP contribution in [-0.4, -0.2) is 6.61 Å². The molecule has 0 N–H and O–H groups in total. The molecule has 1 fully saturated rings. The SMILES string of the molecule is C=CCCC1CCC(CCc2ccc(-c3ccc(COCC)cc3)cc2)CC1. The highest BCUT2D eigenvalue weighted by Crippen LogP contribution is 2.34. The highest BCUT2D eigenvalue weighted by Gasteiger charge is 2.20. The van der Waals surface area contributed by atoms with Crippen LogP contribution in [0.25, 0.3) is 11.1 Å². The molecular weight excluding hydrogens is 340 g/mol. The van der Waals surface area contributed by atoms with Gasteiger partial charge in [0, 0.05) is 6.61 Å². The van der Waals surface area contributed by atoms with Crippen LogP contribution in [-0.2, 0) is 17.8 Å². The second-order valence-electron chi connectivity index (χ2n) is 8.32. The molecular formula is C27H36O. The normalized spacial score (nSPS) is 19.5. The lowest BCUT2D eigenvalue weighted by atomic mass is 9.78. The second-order valence-corrected chi connectivity index (χ2v) is 8.32. The van der Waals surface area contributed by atoms with Gasteiger partial charge >= 0.3 is 0 Å². The van der Waals surface area contributed by atoms with E-state index in [-0.39, 0.29) is 0 Å². The van der Waals surface area contributed by atoms with Crippen LogP contribution in [0, 0.1) is 11.8 Å². The maximum atomic E-state index is 5.48. The Hall–Kier alpha value is -1.86. The Kier molecular flexibility index (Phi) is 8.36. The zero-order valence-corrected chi connectivity index (χ0v) is 17.5.